The Balaban J connectivity index is 2.59. The Morgan fingerprint density at radius 3 is 2.92 bits per heavy atom. The second-order valence-corrected chi connectivity index (χ2v) is 3.76. The molecule has 0 aromatic heterocycles. The molecule has 0 heterocycles. The topological polar surface area (TPSA) is 21.3 Å². The first-order valence-corrected chi connectivity index (χ1v) is 5.02. The van der Waals surface area contributed by atoms with E-state index in [9.17, 15) is 0 Å². The molecule has 0 atom stereocenters. The Hall–Kier alpha value is -0.540. The van der Waals surface area contributed by atoms with Crippen LogP contribution in [0, 0.1) is 6.92 Å². The van der Waals surface area contributed by atoms with Crippen LogP contribution in [-0.2, 0) is 4.74 Å². The van der Waals surface area contributed by atoms with Crippen LogP contribution in [0.2, 0.25) is 0 Å². The summed E-state index contributed by atoms with van der Waals surface area (Å²) in [6, 6.07) is 6.23. The summed E-state index contributed by atoms with van der Waals surface area (Å²) < 4.78 is 6.05. The molecule has 0 fully saturated rings. The van der Waals surface area contributed by atoms with Crippen molar-refractivity contribution >= 4 is 21.6 Å². The van der Waals surface area contributed by atoms with Gasteiger partial charge in [-0.05, 0) is 40.5 Å². The third kappa shape index (κ3) is 3.36. The Morgan fingerprint density at radius 1 is 1.46 bits per heavy atom. The maximum absolute atomic E-state index is 4.96. The maximum Gasteiger partial charge on any atom is 0.0635 e. The predicted octanol–water partition coefficient (Wildman–Crippen LogP) is 2.82. The molecule has 0 aliphatic carbocycles. The van der Waals surface area contributed by atoms with E-state index in [2.05, 4.69) is 40.3 Å². The Bertz CT molecular complexity index is 276. The fourth-order valence-electron chi connectivity index (χ4n) is 1.06. The summed E-state index contributed by atoms with van der Waals surface area (Å²) >= 11 is 3.48. The van der Waals surface area contributed by atoms with E-state index < -0.39 is 0 Å². The first kappa shape index (κ1) is 10.5. The van der Waals surface area contributed by atoms with E-state index in [4.69, 9.17) is 4.74 Å². The van der Waals surface area contributed by atoms with E-state index >= 15 is 0 Å². The van der Waals surface area contributed by atoms with Gasteiger partial charge >= 0.3 is 0 Å². The average molecular weight is 244 g/mol. The van der Waals surface area contributed by atoms with Crippen LogP contribution in [0.25, 0.3) is 0 Å². The van der Waals surface area contributed by atoms with Crippen molar-refractivity contribution in [3.05, 3.63) is 28.2 Å². The number of benzene rings is 1. The first-order chi connectivity index (χ1) is 6.24. The van der Waals surface area contributed by atoms with E-state index in [0.717, 1.165) is 23.3 Å². The van der Waals surface area contributed by atoms with Gasteiger partial charge < -0.3 is 10.1 Å². The van der Waals surface area contributed by atoms with Crippen molar-refractivity contribution < 1.29 is 4.74 Å². The molecule has 1 N–H and O–H groups in total. The summed E-state index contributed by atoms with van der Waals surface area (Å²) in [7, 11) is 1.70. The molecule has 0 bridgehead atoms. The third-order valence-corrected chi connectivity index (χ3v) is 2.44. The molecule has 1 rings (SSSR count). The molecule has 0 aliphatic rings. The Morgan fingerprint density at radius 2 is 2.23 bits per heavy atom. The van der Waals surface area contributed by atoms with E-state index in [1.165, 1.54) is 5.56 Å². The summed E-state index contributed by atoms with van der Waals surface area (Å²) in [5, 5.41) is 3.28. The highest BCUT2D eigenvalue weighted by atomic mass is 79.9. The van der Waals surface area contributed by atoms with Crippen LogP contribution in [0.3, 0.4) is 0 Å². The summed E-state index contributed by atoms with van der Waals surface area (Å²) in [5.41, 5.74) is 2.38. The maximum atomic E-state index is 4.96. The van der Waals surface area contributed by atoms with E-state index in [1.807, 2.05) is 6.07 Å². The lowest BCUT2D eigenvalue weighted by molar-refractivity contribution is 0.211. The minimum Gasteiger partial charge on any atom is -0.383 e. The van der Waals surface area contributed by atoms with Crippen LogP contribution in [-0.4, -0.2) is 20.3 Å². The van der Waals surface area contributed by atoms with Gasteiger partial charge in [-0.1, -0.05) is 6.07 Å². The first-order valence-electron chi connectivity index (χ1n) is 4.23. The van der Waals surface area contributed by atoms with Gasteiger partial charge in [0.05, 0.1) is 6.61 Å². The predicted molar refractivity (Wildman–Crippen MR) is 59.2 cm³/mol. The minimum absolute atomic E-state index is 0.723. The average Bonchev–Trinajstić information content (AvgIpc) is 2.11. The Kier molecular flexibility index (Phi) is 4.25. The number of halogens is 1. The number of hydrogen-bond donors (Lipinski definition) is 1. The molecule has 0 aliphatic heterocycles. The summed E-state index contributed by atoms with van der Waals surface area (Å²) in [6.45, 7) is 3.63. The number of aryl methyl sites for hydroxylation is 1. The quantitative estimate of drug-likeness (QED) is 0.822. The second-order valence-electron chi connectivity index (χ2n) is 2.90. The molecule has 0 amide bonds. The molecular formula is C10H14BrNO. The third-order valence-electron chi connectivity index (χ3n) is 1.74. The molecule has 0 saturated heterocycles. The molecule has 72 valence electrons. The molecule has 1 aromatic carbocycles. The fraction of sp³-hybridized carbons (Fsp3) is 0.400. The van der Waals surface area contributed by atoms with Crippen LogP contribution < -0.4 is 5.32 Å². The van der Waals surface area contributed by atoms with Crippen molar-refractivity contribution in [2.75, 3.05) is 25.6 Å². The van der Waals surface area contributed by atoms with Gasteiger partial charge in [-0.2, -0.15) is 0 Å². The highest BCUT2D eigenvalue weighted by Gasteiger charge is 1.97. The molecular weight excluding hydrogens is 230 g/mol. The van der Waals surface area contributed by atoms with Crippen LogP contribution in [0.5, 0.6) is 0 Å². The number of ether oxygens (including phenoxy) is 1. The lowest BCUT2D eigenvalue weighted by Crippen LogP contribution is -2.07. The highest BCUT2D eigenvalue weighted by Crippen LogP contribution is 2.22. The highest BCUT2D eigenvalue weighted by molar-refractivity contribution is 9.10. The molecule has 0 unspecified atom stereocenters. The van der Waals surface area contributed by atoms with Gasteiger partial charge in [-0.25, -0.2) is 0 Å². The lowest BCUT2D eigenvalue weighted by atomic mass is 10.2. The smallest absolute Gasteiger partial charge is 0.0635 e. The van der Waals surface area contributed by atoms with Crippen LogP contribution >= 0.6 is 15.9 Å². The van der Waals surface area contributed by atoms with Crippen molar-refractivity contribution in [1.29, 1.82) is 0 Å². The summed E-state index contributed by atoms with van der Waals surface area (Å²) in [6.07, 6.45) is 0. The van der Waals surface area contributed by atoms with Crippen molar-refractivity contribution in [3.8, 4) is 0 Å². The van der Waals surface area contributed by atoms with Crippen molar-refractivity contribution in [1.82, 2.24) is 0 Å². The van der Waals surface area contributed by atoms with Crippen LogP contribution in [0.15, 0.2) is 22.7 Å². The van der Waals surface area contributed by atoms with Gasteiger partial charge in [0, 0.05) is 23.8 Å². The minimum atomic E-state index is 0.723. The molecule has 1 aromatic rings. The van der Waals surface area contributed by atoms with Gasteiger partial charge in [0.15, 0.2) is 0 Å². The molecule has 2 nitrogen and oxygen atoms in total. The number of methoxy groups -OCH3 is 1. The zero-order valence-electron chi connectivity index (χ0n) is 7.93. The number of nitrogens with one attached hydrogen (secondary N) is 1. The van der Waals surface area contributed by atoms with E-state index in [-0.39, 0.29) is 0 Å². The fourth-order valence-corrected chi connectivity index (χ4v) is 1.45. The second kappa shape index (κ2) is 5.25. The number of anilines is 1. The van der Waals surface area contributed by atoms with Crippen LogP contribution in [0.4, 0.5) is 5.69 Å². The molecule has 0 radical (unpaired) electrons. The number of hydrogen-bond acceptors (Lipinski definition) is 2. The molecule has 0 saturated carbocycles. The monoisotopic (exact) mass is 243 g/mol. The zero-order chi connectivity index (χ0) is 9.68. The van der Waals surface area contributed by atoms with Gasteiger partial charge in [0.2, 0.25) is 0 Å². The van der Waals surface area contributed by atoms with Crippen molar-refractivity contribution in [2.24, 2.45) is 0 Å². The van der Waals surface area contributed by atoms with Gasteiger partial charge in [0.25, 0.3) is 0 Å². The number of rotatable bonds is 4. The molecule has 13 heavy (non-hydrogen) atoms. The largest absolute Gasteiger partial charge is 0.383 e. The van der Waals surface area contributed by atoms with E-state index in [1.54, 1.807) is 7.11 Å². The van der Waals surface area contributed by atoms with Gasteiger partial charge in [-0.15, -0.1) is 0 Å². The molecule has 3 heteroatoms. The van der Waals surface area contributed by atoms with Gasteiger partial charge in [-0.3, -0.25) is 0 Å². The van der Waals surface area contributed by atoms with Crippen molar-refractivity contribution in [2.45, 2.75) is 6.92 Å². The SMILES string of the molecule is COCCNc1cc(C)ccc1Br. The Labute approximate surface area is 87.4 Å². The zero-order valence-corrected chi connectivity index (χ0v) is 9.52. The van der Waals surface area contributed by atoms with Gasteiger partial charge in [0.1, 0.15) is 0 Å². The van der Waals surface area contributed by atoms with E-state index in [0.29, 0.717) is 0 Å². The van der Waals surface area contributed by atoms with Crippen molar-refractivity contribution in [3.63, 3.8) is 0 Å². The normalized spacial score (nSPS) is 10.1. The standard InChI is InChI=1S/C10H14BrNO/c1-8-3-4-9(11)10(7-8)12-5-6-13-2/h3-4,7,12H,5-6H2,1-2H3. The van der Waals surface area contributed by atoms with Crippen LogP contribution in [0.1, 0.15) is 5.56 Å². The summed E-state index contributed by atoms with van der Waals surface area (Å²) in [4.78, 5) is 0. The summed E-state index contributed by atoms with van der Waals surface area (Å²) in [5.74, 6) is 0. The molecule has 0 spiro atoms. The lowest BCUT2D eigenvalue weighted by Gasteiger charge is -2.08.